The minimum Gasteiger partial charge on any atom is -0.478 e. The maximum absolute atomic E-state index is 11.9. The van der Waals surface area contributed by atoms with E-state index in [2.05, 4.69) is 19.2 Å². The number of rotatable bonds is 5. The van der Waals surface area contributed by atoms with Crippen LogP contribution in [0, 0.1) is 5.92 Å². The van der Waals surface area contributed by atoms with Crippen LogP contribution in [0.3, 0.4) is 0 Å². The fraction of sp³-hybridized carbons (Fsp3) is 0.429. The summed E-state index contributed by atoms with van der Waals surface area (Å²) in [5.74, 6) is -0.578. The first-order valence-corrected chi connectivity index (χ1v) is 6.73. The number of amides is 2. The van der Waals surface area contributed by atoms with Crippen molar-refractivity contribution in [2.24, 2.45) is 5.92 Å². The first-order valence-electron chi connectivity index (χ1n) is 6.35. The third kappa shape index (κ3) is 5.09. The Morgan fingerprint density at radius 1 is 1.35 bits per heavy atom. The summed E-state index contributed by atoms with van der Waals surface area (Å²) in [6.45, 7) is 4.81. The molecule has 0 spiro atoms. The molecule has 2 N–H and O–H groups in total. The molecule has 0 bridgehead atoms. The van der Waals surface area contributed by atoms with Crippen molar-refractivity contribution >= 4 is 29.3 Å². The highest BCUT2D eigenvalue weighted by molar-refractivity contribution is 6.31. The third-order valence-corrected chi connectivity index (χ3v) is 3.00. The second-order valence-corrected chi connectivity index (χ2v) is 5.50. The van der Waals surface area contributed by atoms with Gasteiger partial charge in [0.2, 0.25) is 0 Å². The molecule has 0 aliphatic carbocycles. The van der Waals surface area contributed by atoms with Crippen molar-refractivity contribution in [2.45, 2.75) is 20.3 Å². The number of nitrogens with zero attached hydrogens (tertiary/aromatic N) is 1. The normalized spacial score (nSPS) is 10.4. The Hall–Kier alpha value is -1.75. The standard InChI is InChI=1S/C14H19ClN2O3/c1-9(2)4-5-17(3)14(20)16-12-7-10(13(18)19)6-11(15)8-12/h6-9H,4-5H2,1-3H3,(H,16,20)(H,18,19). The van der Waals surface area contributed by atoms with E-state index in [0.29, 0.717) is 18.2 Å². The SMILES string of the molecule is CC(C)CCN(C)C(=O)Nc1cc(Cl)cc(C(=O)O)c1. The number of carboxylic acid groups (broad SMARTS) is 1. The summed E-state index contributed by atoms with van der Waals surface area (Å²) >= 11 is 5.83. The molecule has 0 atom stereocenters. The van der Waals surface area contributed by atoms with Crippen molar-refractivity contribution in [3.05, 3.63) is 28.8 Å². The molecule has 0 aliphatic rings. The van der Waals surface area contributed by atoms with Gasteiger partial charge in [-0.2, -0.15) is 0 Å². The number of hydrogen-bond donors (Lipinski definition) is 2. The largest absolute Gasteiger partial charge is 0.478 e. The molecule has 0 saturated carbocycles. The van der Waals surface area contributed by atoms with Gasteiger partial charge in [-0.25, -0.2) is 9.59 Å². The molecule has 1 aromatic carbocycles. The molecule has 110 valence electrons. The molecule has 5 nitrogen and oxygen atoms in total. The number of nitrogens with one attached hydrogen (secondary N) is 1. The number of carbonyl (C=O) groups excluding carboxylic acids is 1. The minimum atomic E-state index is -1.09. The van der Waals surface area contributed by atoms with E-state index in [1.54, 1.807) is 11.9 Å². The fourth-order valence-corrected chi connectivity index (χ4v) is 1.79. The lowest BCUT2D eigenvalue weighted by Crippen LogP contribution is -2.32. The Morgan fingerprint density at radius 2 is 2.00 bits per heavy atom. The van der Waals surface area contributed by atoms with E-state index in [-0.39, 0.29) is 16.6 Å². The zero-order chi connectivity index (χ0) is 15.3. The summed E-state index contributed by atoms with van der Waals surface area (Å²) in [6.07, 6.45) is 0.903. The molecule has 1 rings (SSSR count). The highest BCUT2D eigenvalue weighted by Gasteiger charge is 2.12. The van der Waals surface area contributed by atoms with Gasteiger partial charge in [-0.1, -0.05) is 25.4 Å². The van der Waals surface area contributed by atoms with E-state index < -0.39 is 5.97 Å². The molecule has 0 heterocycles. The average Bonchev–Trinajstić information content (AvgIpc) is 2.34. The molecule has 20 heavy (non-hydrogen) atoms. The third-order valence-electron chi connectivity index (χ3n) is 2.78. The van der Waals surface area contributed by atoms with Gasteiger partial charge >= 0.3 is 12.0 Å². The van der Waals surface area contributed by atoms with Crippen LogP contribution in [-0.2, 0) is 0 Å². The van der Waals surface area contributed by atoms with Gasteiger partial charge in [0.15, 0.2) is 0 Å². The summed E-state index contributed by atoms with van der Waals surface area (Å²) in [6, 6.07) is 3.94. The van der Waals surface area contributed by atoms with Crippen molar-refractivity contribution in [2.75, 3.05) is 18.9 Å². The van der Waals surface area contributed by atoms with Crippen molar-refractivity contribution < 1.29 is 14.7 Å². The van der Waals surface area contributed by atoms with Gasteiger partial charge in [0, 0.05) is 24.3 Å². The topological polar surface area (TPSA) is 69.6 Å². The molecule has 0 saturated heterocycles. The molecule has 0 fully saturated rings. The van der Waals surface area contributed by atoms with Gasteiger partial charge in [0.25, 0.3) is 0 Å². The smallest absolute Gasteiger partial charge is 0.335 e. The van der Waals surface area contributed by atoms with E-state index in [0.717, 1.165) is 6.42 Å². The summed E-state index contributed by atoms with van der Waals surface area (Å²) < 4.78 is 0. The summed E-state index contributed by atoms with van der Waals surface area (Å²) in [7, 11) is 1.69. The number of carbonyl (C=O) groups is 2. The molecule has 0 unspecified atom stereocenters. The number of anilines is 1. The molecule has 0 aliphatic heterocycles. The highest BCUT2D eigenvalue weighted by Crippen LogP contribution is 2.19. The van der Waals surface area contributed by atoms with Gasteiger partial charge in [0.1, 0.15) is 0 Å². The molecular formula is C14H19ClN2O3. The molecule has 2 amide bonds. The number of halogens is 1. The van der Waals surface area contributed by atoms with E-state index in [1.807, 2.05) is 0 Å². The Labute approximate surface area is 123 Å². The van der Waals surface area contributed by atoms with Crippen molar-refractivity contribution in [1.29, 1.82) is 0 Å². The number of urea groups is 1. The van der Waals surface area contributed by atoms with Crippen LogP contribution in [0.4, 0.5) is 10.5 Å². The van der Waals surface area contributed by atoms with Crippen LogP contribution in [0.5, 0.6) is 0 Å². The number of hydrogen-bond acceptors (Lipinski definition) is 2. The van der Waals surface area contributed by atoms with Crippen molar-refractivity contribution in [3.63, 3.8) is 0 Å². The van der Waals surface area contributed by atoms with Crippen LogP contribution in [0.1, 0.15) is 30.6 Å². The van der Waals surface area contributed by atoms with Crippen LogP contribution in [-0.4, -0.2) is 35.6 Å². The lowest BCUT2D eigenvalue weighted by molar-refractivity contribution is 0.0697. The van der Waals surface area contributed by atoms with Crippen molar-refractivity contribution in [1.82, 2.24) is 4.90 Å². The second-order valence-electron chi connectivity index (χ2n) is 5.07. The maximum atomic E-state index is 11.9. The Bertz CT molecular complexity index is 503. The van der Waals surface area contributed by atoms with Gasteiger partial charge in [0.05, 0.1) is 5.56 Å². The lowest BCUT2D eigenvalue weighted by Gasteiger charge is -2.19. The average molecular weight is 299 g/mol. The summed E-state index contributed by atoms with van der Waals surface area (Å²) in [5, 5.41) is 11.8. The fourth-order valence-electron chi connectivity index (χ4n) is 1.56. The van der Waals surface area contributed by atoms with Gasteiger partial charge in [-0.3, -0.25) is 0 Å². The predicted octanol–water partition coefficient (Wildman–Crippen LogP) is 3.55. The van der Waals surface area contributed by atoms with Gasteiger partial charge in [-0.15, -0.1) is 0 Å². The van der Waals surface area contributed by atoms with Gasteiger partial charge in [-0.05, 0) is 30.5 Å². The Kier molecular flexibility index (Phi) is 5.82. The lowest BCUT2D eigenvalue weighted by atomic mass is 10.1. The highest BCUT2D eigenvalue weighted by atomic mass is 35.5. The molecule has 0 aromatic heterocycles. The van der Waals surface area contributed by atoms with Crippen LogP contribution >= 0.6 is 11.6 Å². The summed E-state index contributed by atoms with van der Waals surface area (Å²) in [4.78, 5) is 24.4. The Morgan fingerprint density at radius 3 is 2.55 bits per heavy atom. The van der Waals surface area contributed by atoms with E-state index in [4.69, 9.17) is 16.7 Å². The van der Waals surface area contributed by atoms with E-state index >= 15 is 0 Å². The first-order chi connectivity index (χ1) is 9.29. The minimum absolute atomic E-state index is 0.0395. The van der Waals surface area contributed by atoms with Crippen LogP contribution in [0.2, 0.25) is 5.02 Å². The zero-order valence-electron chi connectivity index (χ0n) is 11.8. The van der Waals surface area contributed by atoms with Crippen LogP contribution in [0.15, 0.2) is 18.2 Å². The first kappa shape index (κ1) is 16.3. The monoisotopic (exact) mass is 298 g/mol. The Balaban J connectivity index is 2.72. The van der Waals surface area contributed by atoms with Crippen LogP contribution in [0.25, 0.3) is 0 Å². The molecule has 1 aromatic rings. The van der Waals surface area contributed by atoms with Crippen molar-refractivity contribution in [3.8, 4) is 0 Å². The molecule has 0 radical (unpaired) electrons. The predicted molar refractivity (Wildman–Crippen MR) is 79.5 cm³/mol. The molecule has 6 heteroatoms. The number of carboxylic acids is 1. The zero-order valence-corrected chi connectivity index (χ0v) is 12.6. The quantitative estimate of drug-likeness (QED) is 0.873. The van der Waals surface area contributed by atoms with Gasteiger partial charge < -0.3 is 15.3 Å². The summed E-state index contributed by atoms with van der Waals surface area (Å²) in [5.41, 5.74) is 0.411. The maximum Gasteiger partial charge on any atom is 0.335 e. The number of benzene rings is 1. The van der Waals surface area contributed by atoms with Crippen LogP contribution < -0.4 is 5.32 Å². The second kappa shape index (κ2) is 7.14. The van der Waals surface area contributed by atoms with E-state index in [9.17, 15) is 9.59 Å². The van der Waals surface area contributed by atoms with E-state index in [1.165, 1.54) is 18.2 Å². The molecular weight excluding hydrogens is 280 g/mol. The number of aromatic carboxylic acids is 1.